The second-order valence-electron chi connectivity index (χ2n) is 8.84. The molecule has 0 aliphatic carbocycles. The van der Waals surface area contributed by atoms with Gasteiger partial charge in [0.2, 0.25) is 0 Å². The average Bonchev–Trinajstić information content (AvgIpc) is 3.34. The molecule has 0 saturated carbocycles. The Bertz CT molecular complexity index is 767. The van der Waals surface area contributed by atoms with Crippen LogP contribution in [0.4, 0.5) is 5.69 Å². The minimum absolute atomic E-state index is 0.0792. The van der Waals surface area contributed by atoms with E-state index >= 15 is 0 Å². The summed E-state index contributed by atoms with van der Waals surface area (Å²) in [6, 6.07) is 3.71. The van der Waals surface area contributed by atoms with E-state index in [9.17, 15) is 9.90 Å². The van der Waals surface area contributed by atoms with Crippen molar-refractivity contribution in [3.8, 4) is 11.5 Å². The quantitative estimate of drug-likeness (QED) is 0.417. The molecule has 1 aromatic carbocycles. The lowest BCUT2D eigenvalue weighted by atomic mass is 9.88. The van der Waals surface area contributed by atoms with Crippen LogP contribution in [-0.2, 0) is 9.47 Å². The zero-order valence-corrected chi connectivity index (χ0v) is 19.0. The maximum absolute atomic E-state index is 12.9. The first-order valence-electron chi connectivity index (χ1n) is 11.9. The van der Waals surface area contributed by atoms with Gasteiger partial charge in [0.15, 0.2) is 23.6 Å². The van der Waals surface area contributed by atoms with Gasteiger partial charge in [-0.3, -0.25) is 4.79 Å². The highest BCUT2D eigenvalue weighted by atomic mass is 16.7. The number of aliphatic hydroxyl groups is 1. The van der Waals surface area contributed by atoms with Crippen molar-refractivity contribution in [3.05, 3.63) is 17.7 Å². The molecule has 2 saturated heterocycles. The Labute approximate surface area is 190 Å². The van der Waals surface area contributed by atoms with Crippen LogP contribution in [0.3, 0.4) is 0 Å². The van der Waals surface area contributed by atoms with Gasteiger partial charge in [-0.1, -0.05) is 6.42 Å². The number of rotatable bonds is 10. The van der Waals surface area contributed by atoms with E-state index in [1.165, 1.54) is 0 Å². The predicted molar refractivity (Wildman–Crippen MR) is 121 cm³/mol. The highest BCUT2D eigenvalue weighted by Crippen LogP contribution is 2.38. The summed E-state index contributed by atoms with van der Waals surface area (Å²) in [5, 5.41) is 13.7. The lowest BCUT2D eigenvalue weighted by Crippen LogP contribution is -2.44. The van der Waals surface area contributed by atoms with Crippen LogP contribution in [0.15, 0.2) is 12.1 Å². The molecule has 4 rings (SSSR count). The molecule has 0 bridgehead atoms. The minimum Gasteiger partial charge on any atom is -0.486 e. The Balaban J connectivity index is 1.19. The van der Waals surface area contributed by atoms with Crippen molar-refractivity contribution < 1.29 is 28.8 Å². The Morgan fingerprint density at radius 2 is 1.94 bits per heavy atom. The fraction of sp³-hybridized carbons (Fsp3) is 0.708. The molecule has 0 aromatic heterocycles. The molecular weight excluding hydrogens is 412 g/mol. The molecular formula is C24H36N2O6. The zero-order chi connectivity index (χ0) is 22.3. The molecule has 2 N–H and O–H groups in total. The van der Waals surface area contributed by atoms with Crippen LogP contribution in [0.5, 0.6) is 11.5 Å². The number of unbranched alkanes of at least 4 members (excludes halogenated alkanes) is 1. The van der Waals surface area contributed by atoms with Gasteiger partial charge in [-0.15, -0.1) is 0 Å². The van der Waals surface area contributed by atoms with Crippen LogP contribution in [0.1, 0.15) is 48.9 Å². The summed E-state index contributed by atoms with van der Waals surface area (Å²) in [7, 11) is 1.83. The molecule has 0 spiro atoms. The molecule has 2 fully saturated rings. The number of aliphatic hydroxyl groups excluding tert-OH is 1. The Morgan fingerprint density at radius 3 is 2.72 bits per heavy atom. The molecule has 178 valence electrons. The Kier molecular flexibility index (Phi) is 8.24. The molecule has 8 nitrogen and oxygen atoms in total. The topological polar surface area (TPSA) is 89.5 Å². The van der Waals surface area contributed by atoms with Crippen molar-refractivity contribution in [2.75, 3.05) is 58.4 Å². The third-order valence-corrected chi connectivity index (χ3v) is 6.64. The van der Waals surface area contributed by atoms with Crippen LogP contribution in [0.2, 0.25) is 0 Å². The number of piperidine rings is 1. The number of Topliss-reactive ketones (excluding diaryl/α,β-unsaturated/α-hetero) is 1. The number of anilines is 1. The average molecular weight is 449 g/mol. The Morgan fingerprint density at radius 1 is 1.12 bits per heavy atom. The molecule has 3 aliphatic rings. The van der Waals surface area contributed by atoms with Gasteiger partial charge in [0, 0.05) is 44.7 Å². The van der Waals surface area contributed by atoms with E-state index < -0.39 is 0 Å². The number of carbonyl (C=O) groups excluding carboxylic acids is 1. The van der Waals surface area contributed by atoms with Gasteiger partial charge < -0.3 is 34.3 Å². The monoisotopic (exact) mass is 448 g/mol. The van der Waals surface area contributed by atoms with Gasteiger partial charge in [-0.25, -0.2) is 0 Å². The summed E-state index contributed by atoms with van der Waals surface area (Å²) < 4.78 is 22.4. The maximum Gasteiger partial charge on any atom is 0.172 e. The predicted octanol–water partition coefficient (Wildman–Crippen LogP) is 2.69. The molecule has 0 radical (unpaired) electrons. The summed E-state index contributed by atoms with van der Waals surface area (Å²) >= 11 is 0. The molecule has 1 aromatic rings. The summed E-state index contributed by atoms with van der Waals surface area (Å²) in [6.45, 7) is 4.92. The van der Waals surface area contributed by atoms with Gasteiger partial charge >= 0.3 is 0 Å². The number of likely N-dealkylation sites (tertiary alicyclic amines) is 1. The van der Waals surface area contributed by atoms with Crippen molar-refractivity contribution in [2.45, 2.75) is 50.9 Å². The number of nitrogens with zero attached hydrogens (tertiary/aromatic N) is 1. The summed E-state index contributed by atoms with van der Waals surface area (Å²) in [6.07, 6.45) is 4.61. The van der Waals surface area contributed by atoms with E-state index in [0.29, 0.717) is 62.4 Å². The van der Waals surface area contributed by atoms with Gasteiger partial charge in [0.05, 0.1) is 24.9 Å². The van der Waals surface area contributed by atoms with Crippen LogP contribution in [-0.4, -0.2) is 81.3 Å². The van der Waals surface area contributed by atoms with Crippen molar-refractivity contribution in [3.63, 3.8) is 0 Å². The molecule has 32 heavy (non-hydrogen) atoms. The second-order valence-corrected chi connectivity index (χ2v) is 8.84. The largest absolute Gasteiger partial charge is 0.486 e. The van der Waals surface area contributed by atoms with E-state index in [0.717, 1.165) is 50.9 Å². The number of hydrogen-bond donors (Lipinski definition) is 2. The highest BCUT2D eigenvalue weighted by Gasteiger charge is 2.28. The Hall–Kier alpha value is -1.87. The number of ether oxygens (including phenoxy) is 4. The van der Waals surface area contributed by atoms with E-state index in [4.69, 9.17) is 18.9 Å². The number of nitrogens with one attached hydrogen (secondary N) is 1. The third-order valence-electron chi connectivity index (χ3n) is 6.64. The molecule has 2 atom stereocenters. The summed E-state index contributed by atoms with van der Waals surface area (Å²) in [5.41, 5.74) is 1.44. The molecule has 2 unspecified atom stereocenters. The van der Waals surface area contributed by atoms with Crippen molar-refractivity contribution >= 4 is 11.5 Å². The van der Waals surface area contributed by atoms with E-state index in [1.54, 1.807) is 0 Å². The first-order valence-corrected chi connectivity index (χ1v) is 11.9. The number of carbonyl (C=O) groups is 1. The van der Waals surface area contributed by atoms with Gasteiger partial charge in [-0.05, 0) is 37.8 Å². The molecule has 8 heteroatoms. The first-order chi connectivity index (χ1) is 15.6. The fourth-order valence-corrected chi connectivity index (χ4v) is 4.78. The van der Waals surface area contributed by atoms with Crippen LogP contribution < -0.4 is 14.8 Å². The number of benzene rings is 1. The lowest BCUT2D eigenvalue weighted by Gasteiger charge is -2.36. The van der Waals surface area contributed by atoms with Gasteiger partial charge in [0.1, 0.15) is 13.2 Å². The van der Waals surface area contributed by atoms with E-state index in [1.807, 2.05) is 19.2 Å². The summed E-state index contributed by atoms with van der Waals surface area (Å²) in [5.74, 6) is 1.58. The van der Waals surface area contributed by atoms with Crippen LogP contribution in [0, 0.1) is 5.92 Å². The van der Waals surface area contributed by atoms with Crippen LogP contribution in [0.25, 0.3) is 0 Å². The second kappa shape index (κ2) is 11.3. The number of hydrogen-bond acceptors (Lipinski definition) is 8. The standard InChI is InChI=1S/C24H36N2O6/c1-25-18-14-19(24-22(15-18)29-10-13-32-24)20(27)5-3-2-4-17-6-8-26(16-21(17)28)9-7-23-30-11-12-31-23/h14-15,17,21,23,25,28H,2-13,16H2,1H3. The zero-order valence-electron chi connectivity index (χ0n) is 19.0. The van der Waals surface area contributed by atoms with Crippen molar-refractivity contribution in [1.82, 2.24) is 4.90 Å². The summed E-state index contributed by atoms with van der Waals surface area (Å²) in [4.78, 5) is 15.2. The normalized spacial score (nSPS) is 23.9. The molecule has 3 heterocycles. The van der Waals surface area contributed by atoms with Gasteiger partial charge in [-0.2, -0.15) is 0 Å². The first kappa shape index (κ1) is 23.3. The number of β-amino-alcohol motifs (C(OH)–C–C–N with tert-alkyl or cyclic N) is 1. The number of ketones is 1. The molecule has 3 aliphatic heterocycles. The lowest BCUT2D eigenvalue weighted by molar-refractivity contribution is -0.0581. The van der Waals surface area contributed by atoms with Gasteiger partial charge in [0.25, 0.3) is 0 Å². The fourth-order valence-electron chi connectivity index (χ4n) is 4.78. The SMILES string of the molecule is CNc1cc2c(c(C(=O)CCCCC3CCN(CCC4OCCO4)CC3O)c1)OCCO2. The van der Waals surface area contributed by atoms with E-state index in [2.05, 4.69) is 10.2 Å². The van der Waals surface area contributed by atoms with Crippen LogP contribution >= 0.6 is 0 Å². The highest BCUT2D eigenvalue weighted by molar-refractivity contribution is 6.00. The maximum atomic E-state index is 12.9. The number of fused-ring (bicyclic) bond motifs is 1. The van der Waals surface area contributed by atoms with Crippen molar-refractivity contribution in [1.29, 1.82) is 0 Å². The van der Waals surface area contributed by atoms with E-state index in [-0.39, 0.29) is 18.2 Å². The minimum atomic E-state index is -0.310. The van der Waals surface area contributed by atoms with Crippen molar-refractivity contribution in [2.24, 2.45) is 5.92 Å². The molecule has 0 amide bonds. The smallest absolute Gasteiger partial charge is 0.172 e. The third kappa shape index (κ3) is 5.92.